The first-order chi connectivity index (χ1) is 15.5. The minimum atomic E-state index is -0.195. The van der Waals surface area contributed by atoms with Gasteiger partial charge in [-0.25, -0.2) is 4.98 Å². The SMILES string of the molecule is CCC(NC(=O)c1c(-c2ccc(Cl)c(Cl)c2)nc(-c2ccccc2)n1C)c1ccccc1. The molecular weight excluding hydrogens is 441 g/mol. The van der Waals surface area contributed by atoms with E-state index in [4.69, 9.17) is 28.2 Å². The van der Waals surface area contributed by atoms with Crippen LogP contribution in [0.15, 0.2) is 78.9 Å². The third kappa shape index (κ3) is 4.43. The molecule has 0 radical (unpaired) electrons. The quantitative estimate of drug-likeness (QED) is 0.336. The Kier molecular flexibility index (Phi) is 6.63. The number of imidazole rings is 1. The molecule has 1 amide bonds. The van der Waals surface area contributed by atoms with E-state index in [-0.39, 0.29) is 11.9 Å². The number of nitrogens with zero attached hydrogens (tertiary/aromatic N) is 2. The Balaban J connectivity index is 1.81. The van der Waals surface area contributed by atoms with Crippen molar-refractivity contribution in [3.8, 4) is 22.6 Å². The fourth-order valence-electron chi connectivity index (χ4n) is 3.78. The van der Waals surface area contributed by atoms with E-state index in [2.05, 4.69) is 12.2 Å². The van der Waals surface area contributed by atoms with Gasteiger partial charge >= 0.3 is 0 Å². The first-order valence-electron chi connectivity index (χ1n) is 10.4. The van der Waals surface area contributed by atoms with Crippen molar-refractivity contribution in [1.82, 2.24) is 14.9 Å². The van der Waals surface area contributed by atoms with Crippen molar-refractivity contribution in [1.29, 1.82) is 0 Å². The summed E-state index contributed by atoms with van der Waals surface area (Å²) in [4.78, 5) is 18.4. The van der Waals surface area contributed by atoms with Crippen molar-refractivity contribution in [3.63, 3.8) is 0 Å². The zero-order valence-electron chi connectivity index (χ0n) is 17.8. The smallest absolute Gasteiger partial charge is 0.270 e. The molecule has 32 heavy (non-hydrogen) atoms. The van der Waals surface area contributed by atoms with Crippen molar-refractivity contribution >= 4 is 29.1 Å². The van der Waals surface area contributed by atoms with Gasteiger partial charge in [0.15, 0.2) is 0 Å². The summed E-state index contributed by atoms with van der Waals surface area (Å²) in [6.07, 6.45) is 0.765. The standard InChI is InChI=1S/C26H23Cl2N3O/c1-3-22(17-10-6-4-7-11-17)29-26(32)24-23(19-14-15-20(27)21(28)16-19)30-25(31(24)2)18-12-8-5-9-13-18/h4-16,22H,3H2,1-2H3,(H,29,32). The lowest BCUT2D eigenvalue weighted by Crippen LogP contribution is -2.30. The Morgan fingerprint density at radius 3 is 2.22 bits per heavy atom. The summed E-state index contributed by atoms with van der Waals surface area (Å²) in [6.45, 7) is 2.05. The molecule has 0 saturated carbocycles. The molecule has 0 aliphatic rings. The third-order valence-corrected chi connectivity index (χ3v) is 6.19. The Morgan fingerprint density at radius 1 is 0.938 bits per heavy atom. The highest BCUT2D eigenvalue weighted by atomic mass is 35.5. The molecule has 4 nitrogen and oxygen atoms in total. The predicted molar refractivity (Wildman–Crippen MR) is 131 cm³/mol. The average molecular weight is 464 g/mol. The highest BCUT2D eigenvalue weighted by molar-refractivity contribution is 6.42. The molecule has 4 aromatic rings. The van der Waals surface area contributed by atoms with Gasteiger partial charge in [0.1, 0.15) is 17.2 Å². The minimum Gasteiger partial charge on any atom is -0.344 e. The molecule has 0 fully saturated rings. The molecule has 0 aliphatic carbocycles. The molecule has 0 aliphatic heterocycles. The fourth-order valence-corrected chi connectivity index (χ4v) is 4.08. The van der Waals surface area contributed by atoms with Crippen molar-refractivity contribution in [2.24, 2.45) is 7.05 Å². The van der Waals surface area contributed by atoms with E-state index in [9.17, 15) is 4.79 Å². The molecule has 1 unspecified atom stereocenters. The van der Waals surface area contributed by atoms with Crippen molar-refractivity contribution in [3.05, 3.63) is 100 Å². The molecule has 0 bridgehead atoms. The van der Waals surface area contributed by atoms with E-state index >= 15 is 0 Å². The van der Waals surface area contributed by atoms with Gasteiger partial charge in [0.2, 0.25) is 0 Å². The molecule has 1 atom stereocenters. The van der Waals surface area contributed by atoms with E-state index in [1.165, 1.54) is 0 Å². The molecule has 4 rings (SSSR count). The van der Waals surface area contributed by atoms with Crippen LogP contribution < -0.4 is 5.32 Å². The number of carbonyl (C=O) groups is 1. The summed E-state index contributed by atoms with van der Waals surface area (Å²) in [5.41, 5.74) is 3.74. The molecule has 1 N–H and O–H groups in total. The van der Waals surface area contributed by atoms with Crippen LogP contribution in [0.25, 0.3) is 22.6 Å². The van der Waals surface area contributed by atoms with Crippen LogP contribution in [0.2, 0.25) is 10.0 Å². The molecule has 6 heteroatoms. The summed E-state index contributed by atoms with van der Waals surface area (Å²) < 4.78 is 1.83. The fraction of sp³-hybridized carbons (Fsp3) is 0.154. The Labute approximate surface area is 197 Å². The summed E-state index contributed by atoms with van der Waals surface area (Å²) >= 11 is 12.4. The van der Waals surface area contributed by atoms with E-state index in [0.717, 1.165) is 23.1 Å². The van der Waals surface area contributed by atoms with Crippen LogP contribution in [0.1, 0.15) is 35.4 Å². The van der Waals surface area contributed by atoms with Crippen LogP contribution in [-0.2, 0) is 7.05 Å². The van der Waals surface area contributed by atoms with Gasteiger partial charge in [-0.05, 0) is 24.1 Å². The van der Waals surface area contributed by atoms with Gasteiger partial charge in [0.25, 0.3) is 5.91 Å². The maximum atomic E-state index is 13.6. The lowest BCUT2D eigenvalue weighted by atomic mass is 10.0. The summed E-state index contributed by atoms with van der Waals surface area (Å²) in [6, 6.07) is 24.9. The number of aromatic nitrogens is 2. The largest absolute Gasteiger partial charge is 0.344 e. The van der Waals surface area contributed by atoms with Gasteiger partial charge in [-0.2, -0.15) is 0 Å². The van der Waals surface area contributed by atoms with Crippen LogP contribution in [-0.4, -0.2) is 15.5 Å². The molecule has 3 aromatic carbocycles. The van der Waals surface area contributed by atoms with Crippen molar-refractivity contribution < 1.29 is 4.79 Å². The predicted octanol–water partition coefficient (Wildman–Crippen LogP) is 6.94. The topological polar surface area (TPSA) is 46.9 Å². The average Bonchev–Trinajstić information content (AvgIpc) is 3.17. The van der Waals surface area contributed by atoms with E-state index < -0.39 is 0 Å². The zero-order chi connectivity index (χ0) is 22.7. The maximum absolute atomic E-state index is 13.6. The second-order valence-electron chi connectivity index (χ2n) is 7.53. The molecule has 162 valence electrons. The van der Waals surface area contributed by atoms with E-state index in [0.29, 0.717) is 27.3 Å². The van der Waals surface area contributed by atoms with Gasteiger partial charge < -0.3 is 9.88 Å². The van der Waals surface area contributed by atoms with E-state index in [1.54, 1.807) is 12.1 Å². The van der Waals surface area contributed by atoms with Crippen LogP contribution >= 0.6 is 23.2 Å². The van der Waals surface area contributed by atoms with E-state index in [1.807, 2.05) is 78.3 Å². The van der Waals surface area contributed by atoms with Crippen LogP contribution in [0.3, 0.4) is 0 Å². The molecule has 0 saturated heterocycles. The Morgan fingerprint density at radius 2 is 1.59 bits per heavy atom. The number of nitrogens with one attached hydrogen (secondary N) is 1. The van der Waals surface area contributed by atoms with Gasteiger partial charge in [0, 0.05) is 18.2 Å². The third-order valence-electron chi connectivity index (χ3n) is 5.45. The van der Waals surface area contributed by atoms with Crippen molar-refractivity contribution in [2.45, 2.75) is 19.4 Å². The first-order valence-corrected chi connectivity index (χ1v) is 11.2. The second kappa shape index (κ2) is 9.60. The lowest BCUT2D eigenvalue weighted by molar-refractivity contribution is 0.0928. The van der Waals surface area contributed by atoms with Crippen LogP contribution in [0.5, 0.6) is 0 Å². The monoisotopic (exact) mass is 463 g/mol. The zero-order valence-corrected chi connectivity index (χ0v) is 19.4. The number of hydrogen-bond acceptors (Lipinski definition) is 2. The summed E-state index contributed by atoms with van der Waals surface area (Å²) in [5, 5.41) is 4.05. The lowest BCUT2D eigenvalue weighted by Gasteiger charge is -2.18. The maximum Gasteiger partial charge on any atom is 0.270 e. The Bertz CT molecular complexity index is 1240. The number of hydrogen-bond donors (Lipinski definition) is 1. The number of carbonyl (C=O) groups excluding carboxylic acids is 1. The normalized spacial score (nSPS) is 11.9. The molecule has 0 spiro atoms. The number of benzene rings is 3. The van der Waals surface area contributed by atoms with Crippen LogP contribution in [0, 0.1) is 0 Å². The van der Waals surface area contributed by atoms with Crippen LogP contribution in [0.4, 0.5) is 0 Å². The molecule has 1 heterocycles. The molecule has 1 aromatic heterocycles. The first kappa shape index (κ1) is 22.1. The summed E-state index contributed by atoms with van der Waals surface area (Å²) in [7, 11) is 1.86. The number of halogens is 2. The van der Waals surface area contributed by atoms with Gasteiger partial charge in [-0.1, -0.05) is 96.9 Å². The minimum absolute atomic E-state index is 0.111. The highest BCUT2D eigenvalue weighted by Gasteiger charge is 2.25. The Hall–Kier alpha value is -3.08. The number of amides is 1. The highest BCUT2D eigenvalue weighted by Crippen LogP contribution is 2.33. The van der Waals surface area contributed by atoms with Gasteiger partial charge in [-0.3, -0.25) is 4.79 Å². The molecular formula is C26H23Cl2N3O. The summed E-state index contributed by atoms with van der Waals surface area (Å²) in [5.74, 6) is 0.503. The number of rotatable bonds is 6. The van der Waals surface area contributed by atoms with Gasteiger partial charge in [-0.15, -0.1) is 0 Å². The van der Waals surface area contributed by atoms with Gasteiger partial charge in [0.05, 0.1) is 16.1 Å². The van der Waals surface area contributed by atoms with Crippen molar-refractivity contribution in [2.75, 3.05) is 0 Å². The second-order valence-corrected chi connectivity index (χ2v) is 8.35.